The molecule has 0 saturated heterocycles. The Morgan fingerprint density at radius 1 is 1.38 bits per heavy atom. The molecule has 0 fully saturated rings. The van der Waals surface area contributed by atoms with E-state index in [1.165, 1.54) is 0 Å². The van der Waals surface area contributed by atoms with Crippen molar-refractivity contribution >= 4 is 12.3 Å². The highest BCUT2D eigenvalue weighted by Gasteiger charge is 1.93. The number of hydrogen-bond acceptors (Lipinski definition) is 2. The highest BCUT2D eigenvalue weighted by Crippen LogP contribution is 1.98. The van der Waals surface area contributed by atoms with E-state index in [0.29, 0.717) is 6.42 Å². The van der Waals surface area contributed by atoms with Crippen LogP contribution in [-0.4, -0.2) is 17.4 Å². The van der Waals surface area contributed by atoms with Gasteiger partial charge in [-0.1, -0.05) is 30.3 Å². The third kappa shape index (κ3) is 6.75. The van der Waals surface area contributed by atoms with Gasteiger partial charge in [-0.25, -0.2) is 0 Å². The minimum Gasteiger partial charge on any atom is -0.483 e. The van der Waals surface area contributed by atoms with Crippen LogP contribution in [0.1, 0.15) is 12.5 Å². The van der Waals surface area contributed by atoms with Gasteiger partial charge in [-0.2, -0.15) is 0 Å². The zero-order chi connectivity index (χ0) is 10.1. The van der Waals surface area contributed by atoms with Crippen LogP contribution in [0.15, 0.2) is 30.3 Å². The van der Waals surface area contributed by atoms with E-state index in [0.717, 1.165) is 5.56 Å². The standard InChI is InChI=1S/C9H10O.CH2O2/c1-8(10)7-9-5-3-2-4-6-9;2-1-3/h2-6H,7H2,1H3;1H,(H,2,3). The molecule has 70 valence electrons. The fourth-order valence-corrected chi connectivity index (χ4v) is 0.883. The summed E-state index contributed by atoms with van der Waals surface area (Å²) in [7, 11) is 0. The molecule has 0 spiro atoms. The normalized spacial score (nSPS) is 8.08. The van der Waals surface area contributed by atoms with Crippen molar-refractivity contribution in [2.45, 2.75) is 13.3 Å². The molecule has 0 heterocycles. The van der Waals surface area contributed by atoms with Gasteiger partial charge in [0.15, 0.2) is 0 Å². The Morgan fingerprint density at radius 2 is 1.85 bits per heavy atom. The second kappa shape index (κ2) is 7.03. The van der Waals surface area contributed by atoms with Gasteiger partial charge in [0.25, 0.3) is 6.47 Å². The minimum atomic E-state index is -0.250. The lowest BCUT2D eigenvalue weighted by molar-refractivity contribution is -0.123. The Morgan fingerprint density at radius 3 is 2.23 bits per heavy atom. The van der Waals surface area contributed by atoms with E-state index in [1.54, 1.807) is 6.92 Å². The molecule has 1 rings (SSSR count). The number of carbonyl (C=O) groups excluding carboxylic acids is 1. The Labute approximate surface area is 77.0 Å². The third-order valence-electron chi connectivity index (χ3n) is 1.30. The number of Topliss-reactive ketones (excluding diaryl/α,β-unsaturated/α-hetero) is 1. The van der Waals surface area contributed by atoms with Gasteiger partial charge >= 0.3 is 0 Å². The zero-order valence-electron chi connectivity index (χ0n) is 7.43. The molecule has 1 N–H and O–H groups in total. The monoisotopic (exact) mass is 180 g/mol. The zero-order valence-corrected chi connectivity index (χ0v) is 7.43. The quantitative estimate of drug-likeness (QED) is 0.702. The van der Waals surface area contributed by atoms with E-state index in [1.807, 2.05) is 30.3 Å². The van der Waals surface area contributed by atoms with E-state index in [-0.39, 0.29) is 12.3 Å². The number of rotatable bonds is 2. The summed E-state index contributed by atoms with van der Waals surface area (Å²) in [6, 6.07) is 9.75. The van der Waals surface area contributed by atoms with Gasteiger partial charge in [0.2, 0.25) is 0 Å². The molecule has 0 atom stereocenters. The molecular weight excluding hydrogens is 168 g/mol. The molecule has 0 saturated carbocycles. The Hall–Kier alpha value is -1.64. The summed E-state index contributed by atoms with van der Waals surface area (Å²) in [6.45, 7) is 1.35. The van der Waals surface area contributed by atoms with Crippen LogP contribution < -0.4 is 0 Å². The van der Waals surface area contributed by atoms with Crippen LogP contribution in [0, 0.1) is 0 Å². The summed E-state index contributed by atoms with van der Waals surface area (Å²) >= 11 is 0. The van der Waals surface area contributed by atoms with Crippen LogP contribution in [0.2, 0.25) is 0 Å². The van der Waals surface area contributed by atoms with Crippen LogP contribution in [0.25, 0.3) is 0 Å². The number of benzene rings is 1. The first-order valence-corrected chi connectivity index (χ1v) is 3.82. The first-order chi connectivity index (χ1) is 6.20. The summed E-state index contributed by atoms with van der Waals surface area (Å²) in [4.78, 5) is 19.0. The molecule has 13 heavy (non-hydrogen) atoms. The van der Waals surface area contributed by atoms with Gasteiger partial charge in [-0.3, -0.25) is 9.59 Å². The Kier molecular flexibility index (Phi) is 6.15. The lowest BCUT2D eigenvalue weighted by Gasteiger charge is -1.93. The van der Waals surface area contributed by atoms with E-state index in [9.17, 15) is 4.79 Å². The van der Waals surface area contributed by atoms with Gasteiger partial charge in [-0.15, -0.1) is 0 Å². The highest BCUT2D eigenvalue weighted by molar-refractivity contribution is 5.78. The van der Waals surface area contributed by atoms with E-state index >= 15 is 0 Å². The van der Waals surface area contributed by atoms with Gasteiger partial charge in [-0.05, 0) is 12.5 Å². The van der Waals surface area contributed by atoms with Crippen molar-refractivity contribution < 1.29 is 14.7 Å². The smallest absolute Gasteiger partial charge is 0.290 e. The fraction of sp³-hybridized carbons (Fsp3) is 0.200. The molecule has 0 bridgehead atoms. The average Bonchev–Trinajstić information content (AvgIpc) is 2.06. The van der Waals surface area contributed by atoms with Crippen molar-refractivity contribution in [1.82, 2.24) is 0 Å². The SMILES string of the molecule is CC(=O)Cc1ccccc1.O=CO. The predicted octanol–water partition coefficient (Wildman–Crippen LogP) is 1.52. The fourth-order valence-electron chi connectivity index (χ4n) is 0.883. The molecule has 0 aliphatic rings. The second-order valence-corrected chi connectivity index (χ2v) is 2.47. The minimum absolute atomic E-state index is 0.214. The van der Waals surface area contributed by atoms with Crippen LogP contribution >= 0.6 is 0 Å². The molecule has 1 aromatic rings. The van der Waals surface area contributed by atoms with Gasteiger partial charge in [0.05, 0.1) is 0 Å². The maximum absolute atomic E-state index is 10.6. The van der Waals surface area contributed by atoms with Crippen LogP contribution in [0.3, 0.4) is 0 Å². The number of carbonyl (C=O) groups is 2. The molecule has 0 radical (unpaired) electrons. The Bertz CT molecular complexity index is 254. The molecular formula is C10H12O3. The lowest BCUT2D eigenvalue weighted by atomic mass is 10.1. The molecule has 3 heteroatoms. The molecule has 1 aromatic carbocycles. The van der Waals surface area contributed by atoms with E-state index < -0.39 is 0 Å². The van der Waals surface area contributed by atoms with Gasteiger partial charge in [0.1, 0.15) is 5.78 Å². The van der Waals surface area contributed by atoms with Crippen molar-refractivity contribution in [2.24, 2.45) is 0 Å². The van der Waals surface area contributed by atoms with E-state index in [4.69, 9.17) is 9.90 Å². The summed E-state index contributed by atoms with van der Waals surface area (Å²) in [5.41, 5.74) is 1.09. The van der Waals surface area contributed by atoms with Crippen molar-refractivity contribution in [2.75, 3.05) is 0 Å². The van der Waals surface area contributed by atoms with E-state index in [2.05, 4.69) is 0 Å². The summed E-state index contributed by atoms with van der Waals surface area (Å²) in [5, 5.41) is 6.89. The summed E-state index contributed by atoms with van der Waals surface area (Å²) in [5.74, 6) is 0.214. The van der Waals surface area contributed by atoms with Crippen molar-refractivity contribution in [3.63, 3.8) is 0 Å². The number of carboxylic acid groups (broad SMARTS) is 1. The largest absolute Gasteiger partial charge is 0.483 e. The first-order valence-electron chi connectivity index (χ1n) is 3.82. The molecule has 0 amide bonds. The first kappa shape index (κ1) is 11.4. The predicted molar refractivity (Wildman–Crippen MR) is 49.5 cm³/mol. The van der Waals surface area contributed by atoms with Crippen molar-refractivity contribution in [3.8, 4) is 0 Å². The maximum atomic E-state index is 10.6. The maximum Gasteiger partial charge on any atom is 0.290 e. The van der Waals surface area contributed by atoms with Crippen molar-refractivity contribution in [1.29, 1.82) is 0 Å². The molecule has 0 aliphatic heterocycles. The van der Waals surface area contributed by atoms with Crippen molar-refractivity contribution in [3.05, 3.63) is 35.9 Å². The van der Waals surface area contributed by atoms with Gasteiger partial charge in [0, 0.05) is 6.42 Å². The van der Waals surface area contributed by atoms with Gasteiger partial charge < -0.3 is 5.11 Å². The molecule has 0 aliphatic carbocycles. The second-order valence-electron chi connectivity index (χ2n) is 2.47. The topological polar surface area (TPSA) is 54.4 Å². The number of hydrogen-bond donors (Lipinski definition) is 1. The summed E-state index contributed by atoms with van der Waals surface area (Å²) < 4.78 is 0. The highest BCUT2D eigenvalue weighted by atomic mass is 16.3. The lowest BCUT2D eigenvalue weighted by Crippen LogP contribution is -1.94. The Balaban J connectivity index is 0.000000424. The summed E-state index contributed by atoms with van der Waals surface area (Å²) in [6.07, 6.45) is 0.556. The van der Waals surface area contributed by atoms with Crippen LogP contribution in [0.5, 0.6) is 0 Å². The molecule has 0 unspecified atom stereocenters. The average molecular weight is 180 g/mol. The number of ketones is 1. The van der Waals surface area contributed by atoms with Crippen LogP contribution in [0.4, 0.5) is 0 Å². The van der Waals surface area contributed by atoms with Crippen LogP contribution in [-0.2, 0) is 16.0 Å². The third-order valence-corrected chi connectivity index (χ3v) is 1.30. The molecule has 3 nitrogen and oxygen atoms in total. The molecule has 0 aromatic heterocycles.